The second-order valence-corrected chi connectivity index (χ2v) is 10.9. The summed E-state index contributed by atoms with van der Waals surface area (Å²) in [5.41, 5.74) is 1.41. The largest absolute Gasteiger partial charge is 0.354 e. The first-order chi connectivity index (χ1) is 18.4. The SMILES string of the molecule is CCCCNC(=O)[C@H](CC)N(CCc1ccccc1)C(=O)CN(c1ccccc1)S(=O)(=O)c1ccccc1. The van der Waals surface area contributed by atoms with Crippen LogP contribution in [0.3, 0.4) is 0 Å². The second kappa shape index (κ2) is 14.3. The monoisotopic (exact) mass is 535 g/mol. The summed E-state index contributed by atoms with van der Waals surface area (Å²) in [4.78, 5) is 28.7. The lowest BCUT2D eigenvalue weighted by molar-refractivity contribution is -0.139. The number of nitrogens with zero attached hydrogens (tertiary/aromatic N) is 2. The van der Waals surface area contributed by atoms with Crippen LogP contribution in [0.4, 0.5) is 5.69 Å². The molecule has 3 rings (SSSR count). The number of sulfonamides is 1. The highest BCUT2D eigenvalue weighted by Crippen LogP contribution is 2.24. The first kappa shape index (κ1) is 28.9. The van der Waals surface area contributed by atoms with Crippen molar-refractivity contribution in [2.24, 2.45) is 0 Å². The lowest BCUT2D eigenvalue weighted by Crippen LogP contribution is -2.53. The van der Waals surface area contributed by atoms with Gasteiger partial charge in [0.1, 0.15) is 12.6 Å². The predicted molar refractivity (Wildman–Crippen MR) is 151 cm³/mol. The molecule has 8 heteroatoms. The molecule has 0 aliphatic heterocycles. The van der Waals surface area contributed by atoms with Gasteiger partial charge in [0.15, 0.2) is 0 Å². The Labute approximate surface area is 226 Å². The Bertz CT molecular complexity index is 1250. The number of nitrogens with one attached hydrogen (secondary N) is 1. The number of hydrogen-bond donors (Lipinski definition) is 1. The van der Waals surface area contributed by atoms with Crippen molar-refractivity contribution in [3.63, 3.8) is 0 Å². The molecule has 0 bridgehead atoms. The Morgan fingerprint density at radius 2 is 1.42 bits per heavy atom. The molecule has 0 unspecified atom stereocenters. The third-order valence-corrected chi connectivity index (χ3v) is 8.14. The van der Waals surface area contributed by atoms with E-state index >= 15 is 0 Å². The first-order valence-corrected chi connectivity index (χ1v) is 14.6. The molecule has 1 atom stereocenters. The molecule has 0 aliphatic rings. The fraction of sp³-hybridized carbons (Fsp3) is 0.333. The van der Waals surface area contributed by atoms with Crippen molar-refractivity contribution in [3.8, 4) is 0 Å². The highest BCUT2D eigenvalue weighted by atomic mass is 32.2. The number of anilines is 1. The van der Waals surface area contributed by atoms with E-state index in [1.807, 2.05) is 44.2 Å². The van der Waals surface area contributed by atoms with Gasteiger partial charge in [-0.05, 0) is 49.1 Å². The maximum Gasteiger partial charge on any atom is 0.264 e. The zero-order valence-electron chi connectivity index (χ0n) is 22.1. The van der Waals surface area contributed by atoms with E-state index in [1.165, 1.54) is 17.0 Å². The van der Waals surface area contributed by atoms with E-state index in [1.54, 1.807) is 48.5 Å². The molecule has 7 nitrogen and oxygen atoms in total. The van der Waals surface area contributed by atoms with E-state index in [9.17, 15) is 18.0 Å². The maximum absolute atomic E-state index is 13.9. The number of rotatable bonds is 14. The molecule has 3 aromatic carbocycles. The summed E-state index contributed by atoms with van der Waals surface area (Å²) in [6.07, 6.45) is 2.74. The molecule has 0 aliphatic carbocycles. The molecule has 0 saturated carbocycles. The van der Waals surface area contributed by atoms with Crippen LogP contribution in [0.5, 0.6) is 0 Å². The average Bonchev–Trinajstić information content (AvgIpc) is 2.95. The van der Waals surface area contributed by atoms with Crippen LogP contribution in [0.2, 0.25) is 0 Å². The molecule has 2 amide bonds. The fourth-order valence-corrected chi connectivity index (χ4v) is 5.68. The van der Waals surface area contributed by atoms with Gasteiger partial charge in [-0.15, -0.1) is 0 Å². The van der Waals surface area contributed by atoms with Crippen molar-refractivity contribution in [1.29, 1.82) is 0 Å². The van der Waals surface area contributed by atoms with E-state index in [-0.39, 0.29) is 17.3 Å². The van der Waals surface area contributed by atoms with Crippen molar-refractivity contribution >= 4 is 27.5 Å². The normalized spacial score (nSPS) is 11.9. The smallest absolute Gasteiger partial charge is 0.264 e. The van der Waals surface area contributed by atoms with Crippen LogP contribution in [0.25, 0.3) is 0 Å². The summed E-state index contributed by atoms with van der Waals surface area (Å²) < 4.78 is 28.5. The zero-order chi connectivity index (χ0) is 27.4. The third-order valence-electron chi connectivity index (χ3n) is 6.35. The molecule has 202 valence electrons. The number of carbonyl (C=O) groups excluding carboxylic acids is 2. The topological polar surface area (TPSA) is 86.8 Å². The van der Waals surface area contributed by atoms with Crippen LogP contribution in [0.1, 0.15) is 38.7 Å². The standard InChI is InChI=1S/C30H37N3O4S/c1-3-5-22-31-30(35)28(4-2)32(23-21-25-15-9-6-10-16-25)29(34)24-33(26-17-11-7-12-18-26)38(36,37)27-19-13-8-14-20-27/h6-20,28H,3-5,21-24H2,1-2H3,(H,31,35)/t28-/m0/s1. The summed E-state index contributed by atoms with van der Waals surface area (Å²) in [7, 11) is -4.03. The highest BCUT2D eigenvalue weighted by molar-refractivity contribution is 7.92. The Morgan fingerprint density at radius 3 is 2.00 bits per heavy atom. The number of hydrogen-bond acceptors (Lipinski definition) is 4. The van der Waals surface area contributed by atoms with Gasteiger partial charge in [-0.2, -0.15) is 0 Å². The highest BCUT2D eigenvalue weighted by Gasteiger charge is 2.33. The average molecular weight is 536 g/mol. The van der Waals surface area contributed by atoms with Crippen LogP contribution in [0.15, 0.2) is 95.9 Å². The van der Waals surface area contributed by atoms with Gasteiger partial charge < -0.3 is 10.2 Å². The molecule has 3 aromatic rings. The molecule has 0 spiro atoms. The number of para-hydroxylation sites is 1. The zero-order valence-corrected chi connectivity index (χ0v) is 22.9. The van der Waals surface area contributed by atoms with Crippen LogP contribution in [-0.2, 0) is 26.0 Å². The molecule has 0 aromatic heterocycles. The molecular weight excluding hydrogens is 498 g/mol. The molecule has 1 N–H and O–H groups in total. The fourth-order valence-electron chi connectivity index (χ4n) is 4.24. The van der Waals surface area contributed by atoms with Crippen LogP contribution in [0, 0.1) is 0 Å². The van der Waals surface area contributed by atoms with Crippen molar-refractivity contribution in [3.05, 3.63) is 96.6 Å². The van der Waals surface area contributed by atoms with E-state index in [4.69, 9.17) is 0 Å². The summed E-state index contributed by atoms with van der Waals surface area (Å²) in [5, 5.41) is 2.94. The van der Waals surface area contributed by atoms with Gasteiger partial charge in [0, 0.05) is 13.1 Å². The molecule has 38 heavy (non-hydrogen) atoms. The minimum Gasteiger partial charge on any atom is -0.354 e. The predicted octanol–water partition coefficient (Wildman–Crippen LogP) is 4.65. The van der Waals surface area contributed by atoms with Crippen LogP contribution >= 0.6 is 0 Å². The summed E-state index contributed by atoms with van der Waals surface area (Å²) in [6.45, 7) is 4.31. The Morgan fingerprint density at radius 1 is 0.842 bits per heavy atom. The summed E-state index contributed by atoms with van der Waals surface area (Å²) in [6, 6.07) is 25.7. The molecule has 0 saturated heterocycles. The molecule has 0 heterocycles. The van der Waals surface area contributed by atoms with Crippen molar-refractivity contribution in [1.82, 2.24) is 10.2 Å². The van der Waals surface area contributed by atoms with Crippen LogP contribution in [-0.4, -0.2) is 50.8 Å². The minimum atomic E-state index is -4.03. The molecule has 0 fully saturated rings. The van der Waals surface area contributed by atoms with Gasteiger partial charge in [0.05, 0.1) is 10.6 Å². The summed E-state index contributed by atoms with van der Waals surface area (Å²) in [5.74, 6) is -0.652. The van der Waals surface area contributed by atoms with Gasteiger partial charge in [0.2, 0.25) is 11.8 Å². The first-order valence-electron chi connectivity index (χ1n) is 13.1. The van der Waals surface area contributed by atoms with Crippen molar-refractivity contribution in [2.75, 3.05) is 23.9 Å². The molecular formula is C30H37N3O4S. The number of benzene rings is 3. The van der Waals surface area contributed by atoms with Crippen molar-refractivity contribution < 1.29 is 18.0 Å². The van der Waals surface area contributed by atoms with Crippen molar-refractivity contribution in [2.45, 2.75) is 50.5 Å². The number of carbonyl (C=O) groups is 2. The van der Waals surface area contributed by atoms with E-state index in [0.717, 1.165) is 22.7 Å². The Balaban J connectivity index is 1.94. The van der Waals surface area contributed by atoms with Gasteiger partial charge in [-0.1, -0.05) is 87.0 Å². The maximum atomic E-state index is 13.9. The second-order valence-electron chi connectivity index (χ2n) is 9.05. The van der Waals surface area contributed by atoms with Gasteiger partial charge in [-0.3, -0.25) is 13.9 Å². The number of amides is 2. The van der Waals surface area contributed by atoms with E-state index < -0.39 is 28.5 Å². The van der Waals surface area contributed by atoms with Crippen LogP contribution < -0.4 is 9.62 Å². The van der Waals surface area contributed by atoms with Gasteiger partial charge in [0.25, 0.3) is 10.0 Å². The number of unbranched alkanes of at least 4 members (excludes halogenated alkanes) is 1. The van der Waals surface area contributed by atoms with Gasteiger partial charge in [-0.25, -0.2) is 8.42 Å². The minimum absolute atomic E-state index is 0.0943. The lowest BCUT2D eigenvalue weighted by Gasteiger charge is -2.33. The van der Waals surface area contributed by atoms with Gasteiger partial charge >= 0.3 is 0 Å². The lowest BCUT2D eigenvalue weighted by atomic mass is 10.1. The Kier molecular flexibility index (Phi) is 10.9. The van der Waals surface area contributed by atoms with E-state index in [2.05, 4.69) is 5.32 Å². The quantitative estimate of drug-likeness (QED) is 0.305. The molecule has 0 radical (unpaired) electrons. The van der Waals surface area contributed by atoms with E-state index in [0.29, 0.717) is 25.1 Å². The Hall–Kier alpha value is -3.65. The third kappa shape index (κ3) is 7.68. The summed E-state index contributed by atoms with van der Waals surface area (Å²) >= 11 is 0.